The average molecular weight is 335 g/mol. The molecule has 7 heteroatoms. The summed E-state index contributed by atoms with van der Waals surface area (Å²) in [6.07, 6.45) is -0.542. The van der Waals surface area contributed by atoms with E-state index in [0.717, 1.165) is 12.1 Å². The number of hydrogen-bond donors (Lipinski definition) is 2. The summed E-state index contributed by atoms with van der Waals surface area (Å²) in [4.78, 5) is 11.9. The molecule has 2 aromatic rings. The van der Waals surface area contributed by atoms with Gasteiger partial charge in [0, 0.05) is 12.1 Å². The Morgan fingerprint density at radius 2 is 1.92 bits per heavy atom. The van der Waals surface area contributed by atoms with Crippen LogP contribution in [0.1, 0.15) is 28.4 Å². The normalized spacial score (nSPS) is 13.6. The highest BCUT2D eigenvalue weighted by atomic mass is 19.2. The number of carbonyl (C=O) groups is 1. The summed E-state index contributed by atoms with van der Waals surface area (Å²) in [6.45, 7) is 0.326. The number of ether oxygens (including phenoxy) is 2. The molecule has 5 nitrogen and oxygen atoms in total. The van der Waals surface area contributed by atoms with Crippen LogP contribution in [0.2, 0.25) is 0 Å². The van der Waals surface area contributed by atoms with Crippen molar-refractivity contribution in [3.8, 4) is 11.5 Å². The quantitative estimate of drug-likeness (QED) is 0.881. The zero-order valence-electron chi connectivity index (χ0n) is 12.6. The van der Waals surface area contributed by atoms with Crippen molar-refractivity contribution in [3.05, 3.63) is 59.2 Å². The van der Waals surface area contributed by atoms with Gasteiger partial charge < -0.3 is 19.9 Å². The topological polar surface area (TPSA) is 67.8 Å². The molecule has 0 unspecified atom stereocenters. The number of aliphatic hydroxyl groups is 1. The Morgan fingerprint density at radius 1 is 1.12 bits per heavy atom. The molecule has 0 aromatic heterocycles. The lowest BCUT2D eigenvalue weighted by Crippen LogP contribution is -2.25. The van der Waals surface area contributed by atoms with Crippen LogP contribution in [0.3, 0.4) is 0 Å². The third kappa shape index (κ3) is 3.46. The molecule has 0 saturated carbocycles. The molecule has 1 atom stereocenters. The number of fused-ring (bicyclic) bond motifs is 1. The maximum atomic E-state index is 13.1. The number of amides is 1. The number of rotatable bonds is 5. The Labute approximate surface area is 136 Å². The lowest BCUT2D eigenvalue weighted by atomic mass is 10.1. The molecule has 1 aliphatic heterocycles. The molecule has 0 bridgehead atoms. The highest BCUT2D eigenvalue weighted by Gasteiger charge is 2.17. The molecule has 0 saturated heterocycles. The number of carbonyl (C=O) groups excluding carboxylic acids is 1. The number of nitrogens with one attached hydrogen (secondary N) is 1. The first-order valence-electron chi connectivity index (χ1n) is 7.35. The van der Waals surface area contributed by atoms with Crippen LogP contribution in [0.25, 0.3) is 0 Å². The van der Waals surface area contributed by atoms with Crippen LogP contribution in [0.5, 0.6) is 11.5 Å². The van der Waals surface area contributed by atoms with Gasteiger partial charge in [0.15, 0.2) is 23.1 Å². The molecule has 2 N–H and O–H groups in total. The minimum absolute atomic E-state index is 0.0199. The second-order valence-electron chi connectivity index (χ2n) is 5.30. The van der Waals surface area contributed by atoms with Crippen molar-refractivity contribution < 1.29 is 28.2 Å². The lowest BCUT2D eigenvalue weighted by Gasteiger charge is -2.12. The Morgan fingerprint density at radius 3 is 2.71 bits per heavy atom. The summed E-state index contributed by atoms with van der Waals surface area (Å²) in [5.74, 6) is -1.44. The molecule has 1 amide bonds. The number of benzene rings is 2. The molecule has 3 rings (SSSR count). The molecule has 1 aliphatic rings. The van der Waals surface area contributed by atoms with E-state index in [-0.39, 0.29) is 25.3 Å². The van der Waals surface area contributed by atoms with E-state index in [9.17, 15) is 18.7 Å². The predicted molar refractivity (Wildman–Crippen MR) is 80.8 cm³/mol. The van der Waals surface area contributed by atoms with Gasteiger partial charge in [-0.1, -0.05) is 6.07 Å². The third-order valence-corrected chi connectivity index (χ3v) is 3.67. The van der Waals surface area contributed by atoms with Gasteiger partial charge in [-0.05, 0) is 42.3 Å². The standard InChI is InChI=1S/C17H15F2NO4/c18-12-3-1-11(7-13(12)19)17(22)20-6-5-14(21)10-2-4-15-16(8-10)24-9-23-15/h1-4,7-8,14,21H,5-6,9H2,(H,20,22)/t14-/m0/s1. The van der Waals surface area contributed by atoms with E-state index in [4.69, 9.17) is 9.47 Å². The second-order valence-corrected chi connectivity index (χ2v) is 5.30. The smallest absolute Gasteiger partial charge is 0.251 e. The number of hydrogen-bond acceptors (Lipinski definition) is 4. The summed E-state index contributed by atoms with van der Waals surface area (Å²) < 4.78 is 36.4. The van der Waals surface area contributed by atoms with Crippen molar-refractivity contribution in [2.75, 3.05) is 13.3 Å². The van der Waals surface area contributed by atoms with Crippen LogP contribution in [0.4, 0.5) is 8.78 Å². The van der Waals surface area contributed by atoms with E-state index in [0.29, 0.717) is 17.1 Å². The first-order chi connectivity index (χ1) is 11.5. The van der Waals surface area contributed by atoms with Crippen LogP contribution < -0.4 is 14.8 Å². The Hall–Kier alpha value is -2.67. The maximum Gasteiger partial charge on any atom is 0.251 e. The van der Waals surface area contributed by atoms with Gasteiger partial charge in [-0.3, -0.25) is 4.79 Å². The first-order valence-corrected chi connectivity index (χ1v) is 7.35. The van der Waals surface area contributed by atoms with Crippen molar-refractivity contribution in [2.24, 2.45) is 0 Å². The Kier molecular flexibility index (Phi) is 4.61. The van der Waals surface area contributed by atoms with E-state index in [1.165, 1.54) is 6.07 Å². The van der Waals surface area contributed by atoms with Crippen LogP contribution in [-0.4, -0.2) is 24.4 Å². The molecule has 1 heterocycles. The van der Waals surface area contributed by atoms with E-state index in [1.807, 2.05) is 0 Å². The highest BCUT2D eigenvalue weighted by molar-refractivity contribution is 5.94. The highest BCUT2D eigenvalue weighted by Crippen LogP contribution is 2.34. The molecule has 2 aromatic carbocycles. The van der Waals surface area contributed by atoms with Crippen LogP contribution >= 0.6 is 0 Å². The largest absolute Gasteiger partial charge is 0.454 e. The monoisotopic (exact) mass is 335 g/mol. The molecule has 126 valence electrons. The predicted octanol–water partition coefficient (Wildman–Crippen LogP) is 2.55. The minimum Gasteiger partial charge on any atom is -0.454 e. The van der Waals surface area contributed by atoms with Crippen molar-refractivity contribution in [1.29, 1.82) is 0 Å². The fraction of sp³-hybridized carbons (Fsp3) is 0.235. The zero-order valence-corrected chi connectivity index (χ0v) is 12.6. The summed E-state index contributed by atoms with van der Waals surface area (Å²) in [7, 11) is 0. The Balaban J connectivity index is 1.54. The van der Waals surface area contributed by atoms with E-state index >= 15 is 0 Å². The fourth-order valence-corrected chi connectivity index (χ4v) is 2.35. The van der Waals surface area contributed by atoms with Gasteiger partial charge in [0.2, 0.25) is 6.79 Å². The summed E-state index contributed by atoms with van der Waals surface area (Å²) in [5, 5.41) is 12.7. The summed E-state index contributed by atoms with van der Waals surface area (Å²) in [5.41, 5.74) is 0.660. The van der Waals surface area contributed by atoms with Gasteiger partial charge in [0.25, 0.3) is 5.91 Å². The molecule has 0 radical (unpaired) electrons. The zero-order chi connectivity index (χ0) is 17.1. The number of halogens is 2. The van der Waals surface area contributed by atoms with Gasteiger partial charge in [-0.25, -0.2) is 8.78 Å². The molecular weight excluding hydrogens is 320 g/mol. The van der Waals surface area contributed by atoms with Crippen molar-refractivity contribution in [3.63, 3.8) is 0 Å². The first kappa shape index (κ1) is 16.2. The third-order valence-electron chi connectivity index (χ3n) is 3.67. The van der Waals surface area contributed by atoms with E-state index in [1.54, 1.807) is 18.2 Å². The van der Waals surface area contributed by atoms with Crippen LogP contribution in [0, 0.1) is 11.6 Å². The Bertz CT molecular complexity index is 766. The van der Waals surface area contributed by atoms with E-state index in [2.05, 4.69) is 5.32 Å². The molecule has 0 fully saturated rings. The molecule has 0 aliphatic carbocycles. The maximum absolute atomic E-state index is 13.1. The lowest BCUT2D eigenvalue weighted by molar-refractivity contribution is 0.0942. The fourth-order valence-electron chi connectivity index (χ4n) is 2.35. The van der Waals surface area contributed by atoms with Gasteiger partial charge in [-0.15, -0.1) is 0 Å². The van der Waals surface area contributed by atoms with Crippen molar-refractivity contribution in [2.45, 2.75) is 12.5 Å². The second kappa shape index (κ2) is 6.84. The van der Waals surface area contributed by atoms with Crippen LogP contribution in [-0.2, 0) is 0 Å². The van der Waals surface area contributed by atoms with E-state index < -0.39 is 23.6 Å². The summed E-state index contributed by atoms with van der Waals surface area (Å²) in [6, 6.07) is 8.03. The molecular formula is C17H15F2NO4. The average Bonchev–Trinajstić information content (AvgIpc) is 3.04. The van der Waals surface area contributed by atoms with Gasteiger partial charge >= 0.3 is 0 Å². The van der Waals surface area contributed by atoms with Crippen molar-refractivity contribution in [1.82, 2.24) is 5.32 Å². The minimum atomic E-state index is -1.08. The molecule has 0 spiro atoms. The summed E-state index contributed by atoms with van der Waals surface area (Å²) >= 11 is 0. The van der Waals surface area contributed by atoms with Crippen molar-refractivity contribution >= 4 is 5.91 Å². The molecule has 24 heavy (non-hydrogen) atoms. The number of aliphatic hydroxyl groups excluding tert-OH is 1. The SMILES string of the molecule is O=C(NCC[C@H](O)c1ccc2c(c1)OCO2)c1ccc(F)c(F)c1. The van der Waals surface area contributed by atoms with Gasteiger partial charge in [-0.2, -0.15) is 0 Å². The van der Waals surface area contributed by atoms with Crippen LogP contribution in [0.15, 0.2) is 36.4 Å². The van der Waals surface area contributed by atoms with Gasteiger partial charge in [0.05, 0.1) is 6.10 Å². The van der Waals surface area contributed by atoms with Gasteiger partial charge in [0.1, 0.15) is 0 Å².